The minimum absolute atomic E-state index is 0.104. The fraction of sp³-hybridized carbons (Fsp3) is 0.238. The predicted molar refractivity (Wildman–Crippen MR) is 123 cm³/mol. The van der Waals surface area contributed by atoms with Crippen LogP contribution in [0.4, 0.5) is 5.69 Å². The number of para-hydroxylation sites is 1. The molecule has 7 nitrogen and oxygen atoms in total. The Morgan fingerprint density at radius 1 is 1.16 bits per heavy atom. The first-order valence-corrected chi connectivity index (χ1v) is 12.2. The van der Waals surface area contributed by atoms with Crippen LogP contribution in [-0.2, 0) is 34.4 Å². The van der Waals surface area contributed by atoms with Crippen molar-refractivity contribution >= 4 is 44.8 Å². The number of aromatic nitrogens is 1. The summed E-state index contributed by atoms with van der Waals surface area (Å²) in [4.78, 5) is 17.4. The van der Waals surface area contributed by atoms with Gasteiger partial charge in [0.25, 0.3) is 0 Å². The van der Waals surface area contributed by atoms with Crippen LogP contribution in [0.25, 0.3) is 0 Å². The van der Waals surface area contributed by atoms with Crippen LogP contribution in [0.5, 0.6) is 0 Å². The molecule has 31 heavy (non-hydrogen) atoms. The molecule has 1 aromatic heterocycles. The third-order valence-corrected chi connectivity index (χ3v) is 6.41. The van der Waals surface area contributed by atoms with Crippen LogP contribution in [0.3, 0.4) is 0 Å². The van der Waals surface area contributed by atoms with Gasteiger partial charge in [0.15, 0.2) is 0 Å². The van der Waals surface area contributed by atoms with Gasteiger partial charge in [-0.3, -0.25) is 14.1 Å². The van der Waals surface area contributed by atoms with Gasteiger partial charge < -0.3 is 5.32 Å². The van der Waals surface area contributed by atoms with Crippen LogP contribution in [0.15, 0.2) is 53.9 Å². The molecule has 3 rings (SSSR count). The predicted octanol–water partition coefficient (Wildman–Crippen LogP) is 4.22. The molecule has 0 bridgehead atoms. The average molecular weight is 480 g/mol. The second-order valence-corrected chi connectivity index (χ2v) is 9.31. The lowest BCUT2D eigenvalue weighted by molar-refractivity contribution is -0.121. The second-order valence-electron chi connectivity index (χ2n) is 6.86. The molecule has 0 aliphatic rings. The summed E-state index contributed by atoms with van der Waals surface area (Å²) in [5.74, 6) is -0.230. The first-order valence-electron chi connectivity index (χ1n) is 9.55. The Bertz CT molecular complexity index is 1160. The summed E-state index contributed by atoms with van der Waals surface area (Å²) in [5, 5.41) is 6.16. The lowest BCUT2D eigenvalue weighted by atomic mass is 10.0. The molecule has 0 aliphatic heterocycles. The number of hydrogen-bond acceptors (Lipinski definition) is 5. The molecular weight excluding hydrogens is 458 g/mol. The van der Waals surface area contributed by atoms with Gasteiger partial charge in [-0.1, -0.05) is 54.9 Å². The molecule has 1 heterocycles. The van der Waals surface area contributed by atoms with Gasteiger partial charge in [0.2, 0.25) is 5.91 Å². The number of benzene rings is 2. The number of hydrogen-bond donors (Lipinski definition) is 3. The first-order chi connectivity index (χ1) is 14.7. The molecule has 1 atom stereocenters. The number of anilines is 1. The Morgan fingerprint density at radius 3 is 2.48 bits per heavy atom. The molecular formula is C21H22ClN3O4S2. The number of thiazole rings is 1. The van der Waals surface area contributed by atoms with Crippen molar-refractivity contribution in [2.75, 3.05) is 4.72 Å². The topological polar surface area (TPSA) is 108 Å². The summed E-state index contributed by atoms with van der Waals surface area (Å²) >= 11 is 7.61. The zero-order valence-electron chi connectivity index (χ0n) is 16.7. The number of amides is 1. The van der Waals surface area contributed by atoms with E-state index in [0.717, 1.165) is 12.1 Å². The number of carbonyl (C=O) groups excluding carboxylic acids is 1. The highest BCUT2D eigenvalue weighted by molar-refractivity contribution is 7.87. The SMILES string of the molecule is CCc1csc(C(Cc2ccccc2NS(=O)(=O)O)NC(=O)Cc2ccccc2Cl)n1. The normalized spacial score (nSPS) is 12.4. The van der Waals surface area contributed by atoms with E-state index in [4.69, 9.17) is 11.6 Å². The zero-order chi connectivity index (χ0) is 22.4. The summed E-state index contributed by atoms with van der Waals surface area (Å²) < 4.78 is 33.9. The molecule has 1 unspecified atom stereocenters. The Kier molecular flexibility index (Phi) is 7.66. The van der Waals surface area contributed by atoms with E-state index >= 15 is 0 Å². The molecule has 1 amide bonds. The maximum atomic E-state index is 12.8. The van der Waals surface area contributed by atoms with Crippen molar-refractivity contribution in [2.24, 2.45) is 0 Å². The van der Waals surface area contributed by atoms with E-state index in [2.05, 4.69) is 15.0 Å². The lowest BCUT2D eigenvalue weighted by Gasteiger charge is -2.19. The monoisotopic (exact) mass is 479 g/mol. The molecule has 2 aromatic carbocycles. The van der Waals surface area contributed by atoms with E-state index in [1.807, 2.05) is 18.4 Å². The van der Waals surface area contributed by atoms with Crippen LogP contribution >= 0.6 is 22.9 Å². The molecule has 0 saturated carbocycles. The maximum absolute atomic E-state index is 12.8. The van der Waals surface area contributed by atoms with E-state index in [1.165, 1.54) is 11.3 Å². The van der Waals surface area contributed by atoms with Crippen LogP contribution in [0.2, 0.25) is 5.02 Å². The van der Waals surface area contributed by atoms with E-state index in [9.17, 15) is 17.8 Å². The molecule has 10 heteroatoms. The van der Waals surface area contributed by atoms with Gasteiger partial charge in [-0.25, -0.2) is 4.98 Å². The fourth-order valence-corrected chi connectivity index (χ4v) is 4.69. The highest BCUT2D eigenvalue weighted by Gasteiger charge is 2.21. The Morgan fingerprint density at radius 2 is 1.84 bits per heavy atom. The van der Waals surface area contributed by atoms with Gasteiger partial charge >= 0.3 is 10.3 Å². The van der Waals surface area contributed by atoms with Crippen molar-refractivity contribution in [1.29, 1.82) is 0 Å². The smallest absolute Gasteiger partial charge is 0.346 e. The maximum Gasteiger partial charge on any atom is 0.357 e. The standard InChI is InChI=1S/C21H22ClN3O4S2/c1-2-16-13-30-21(23-16)19(24-20(26)12-14-7-3-5-9-17(14)22)11-15-8-4-6-10-18(15)25-31(27,28)29/h3-10,13,19,25H,2,11-12H2,1H3,(H,24,26)(H,27,28,29). The number of rotatable bonds is 9. The molecule has 164 valence electrons. The van der Waals surface area contributed by atoms with E-state index in [0.29, 0.717) is 21.2 Å². The van der Waals surface area contributed by atoms with Crippen LogP contribution in [-0.4, -0.2) is 23.9 Å². The Labute approximate surface area is 190 Å². The van der Waals surface area contributed by atoms with Crippen molar-refractivity contribution in [3.63, 3.8) is 0 Å². The summed E-state index contributed by atoms with van der Waals surface area (Å²) in [7, 11) is -4.43. The summed E-state index contributed by atoms with van der Waals surface area (Å²) in [6, 6.07) is 13.3. The summed E-state index contributed by atoms with van der Waals surface area (Å²) in [5.41, 5.74) is 2.47. The first kappa shape index (κ1) is 23.2. The fourth-order valence-electron chi connectivity index (χ4n) is 3.06. The average Bonchev–Trinajstić information content (AvgIpc) is 3.19. The number of carbonyl (C=O) groups is 1. The van der Waals surface area contributed by atoms with Crippen molar-refractivity contribution in [3.05, 3.63) is 80.8 Å². The molecule has 3 aromatic rings. The van der Waals surface area contributed by atoms with Gasteiger partial charge in [-0.15, -0.1) is 11.3 Å². The number of nitrogens with one attached hydrogen (secondary N) is 2. The van der Waals surface area contributed by atoms with Crippen molar-refractivity contribution in [1.82, 2.24) is 10.3 Å². The van der Waals surface area contributed by atoms with Gasteiger partial charge in [0.1, 0.15) is 5.01 Å². The number of halogens is 1. The second kappa shape index (κ2) is 10.2. The highest BCUT2D eigenvalue weighted by Crippen LogP contribution is 2.27. The molecule has 0 radical (unpaired) electrons. The van der Waals surface area contributed by atoms with Gasteiger partial charge in [-0.2, -0.15) is 8.42 Å². The number of nitrogens with zero attached hydrogens (tertiary/aromatic N) is 1. The highest BCUT2D eigenvalue weighted by atomic mass is 35.5. The van der Waals surface area contributed by atoms with Crippen LogP contribution in [0.1, 0.15) is 34.8 Å². The molecule has 0 spiro atoms. The number of aryl methyl sites for hydroxylation is 1. The van der Waals surface area contributed by atoms with E-state index in [-0.39, 0.29) is 24.4 Å². The minimum atomic E-state index is -4.43. The van der Waals surface area contributed by atoms with E-state index in [1.54, 1.807) is 42.5 Å². The van der Waals surface area contributed by atoms with Gasteiger partial charge in [-0.05, 0) is 29.7 Å². The Hall–Kier alpha value is -2.46. The third kappa shape index (κ3) is 6.76. The van der Waals surface area contributed by atoms with Crippen molar-refractivity contribution in [2.45, 2.75) is 32.2 Å². The molecule has 0 saturated heterocycles. The van der Waals surface area contributed by atoms with E-state index < -0.39 is 16.3 Å². The quantitative estimate of drug-likeness (QED) is 0.398. The van der Waals surface area contributed by atoms with Crippen molar-refractivity contribution in [3.8, 4) is 0 Å². The van der Waals surface area contributed by atoms with Crippen LogP contribution in [0, 0.1) is 0 Å². The lowest BCUT2D eigenvalue weighted by Crippen LogP contribution is -2.31. The van der Waals surface area contributed by atoms with Crippen LogP contribution < -0.4 is 10.0 Å². The molecule has 3 N–H and O–H groups in total. The molecule has 0 aliphatic carbocycles. The third-order valence-electron chi connectivity index (χ3n) is 4.55. The largest absolute Gasteiger partial charge is 0.357 e. The summed E-state index contributed by atoms with van der Waals surface area (Å²) in [6.07, 6.45) is 1.15. The van der Waals surface area contributed by atoms with Gasteiger partial charge in [0.05, 0.1) is 23.8 Å². The van der Waals surface area contributed by atoms with Gasteiger partial charge in [0, 0.05) is 16.8 Å². The summed E-state index contributed by atoms with van der Waals surface area (Å²) in [6.45, 7) is 2.00. The molecule has 0 fully saturated rings. The Balaban J connectivity index is 1.86. The zero-order valence-corrected chi connectivity index (χ0v) is 19.1. The van der Waals surface area contributed by atoms with Crippen molar-refractivity contribution < 1.29 is 17.8 Å². The minimum Gasteiger partial charge on any atom is -0.346 e.